The largest absolute Gasteiger partial charge is 0.405 e. The number of carbonyl (C=O) groups is 1. The van der Waals surface area contributed by atoms with Gasteiger partial charge in [-0.1, -0.05) is 87.5 Å². The third-order valence-corrected chi connectivity index (χ3v) is 11.5. The Hall–Kier alpha value is -2.29. The van der Waals surface area contributed by atoms with Crippen LogP contribution in [0, 0.1) is 0 Å². The van der Waals surface area contributed by atoms with Crippen LogP contribution < -0.4 is 15.7 Å². The van der Waals surface area contributed by atoms with E-state index in [-0.39, 0.29) is 17.6 Å². The van der Waals surface area contributed by atoms with E-state index in [4.69, 9.17) is 9.16 Å². The van der Waals surface area contributed by atoms with Crippen LogP contribution in [0.2, 0.25) is 5.04 Å². The molecule has 6 nitrogen and oxygen atoms in total. The fourth-order valence-electron chi connectivity index (χ4n) is 4.93. The summed E-state index contributed by atoms with van der Waals surface area (Å²) in [6.07, 6.45) is -1.57. The molecule has 1 fully saturated rings. The molecule has 0 bridgehead atoms. The number of amides is 1. The number of benzene rings is 2. The van der Waals surface area contributed by atoms with Gasteiger partial charge in [-0.05, 0) is 21.8 Å². The van der Waals surface area contributed by atoms with Gasteiger partial charge in [0.15, 0.2) is 0 Å². The maximum absolute atomic E-state index is 11.7. The van der Waals surface area contributed by atoms with Gasteiger partial charge in [0.1, 0.15) is 18.3 Å². The Bertz CT molecular complexity index is 907. The first-order valence-electron chi connectivity index (χ1n) is 11.8. The first-order valence-corrected chi connectivity index (χ1v) is 13.7. The molecule has 0 saturated carbocycles. The maximum atomic E-state index is 11.7. The highest BCUT2D eigenvalue weighted by Gasteiger charge is 2.52. The van der Waals surface area contributed by atoms with Crippen LogP contribution in [0.3, 0.4) is 0 Å². The van der Waals surface area contributed by atoms with Crippen molar-refractivity contribution in [2.45, 2.75) is 69.6 Å². The molecule has 1 heterocycles. The standard InChI is InChI=1S/C27H37NO5Si/c1-6-13-22-24(28-19(2)29)26(31)25(30)23(33-22)18-32-34(27(3,4)5,20-14-9-7-10-15-20)21-16-11-8-12-17-21/h6-12,14-17,22-26,30-31H,1,13,18H2,2-5H3,(H,28,29)/t22-,23-,24+,25+,26-/m1/s1. The number of rotatable bonds is 8. The van der Waals surface area contributed by atoms with Crippen molar-refractivity contribution < 1.29 is 24.2 Å². The van der Waals surface area contributed by atoms with Gasteiger partial charge in [0.2, 0.25) is 5.91 Å². The molecule has 0 spiro atoms. The number of aliphatic hydroxyl groups excluding tert-OH is 2. The van der Waals surface area contributed by atoms with Gasteiger partial charge in [-0.3, -0.25) is 4.79 Å². The van der Waals surface area contributed by atoms with Crippen LogP contribution in [0.5, 0.6) is 0 Å². The summed E-state index contributed by atoms with van der Waals surface area (Å²) < 4.78 is 13.1. The average Bonchev–Trinajstić information content (AvgIpc) is 2.80. The number of carbonyl (C=O) groups excluding carboxylic acids is 1. The van der Waals surface area contributed by atoms with Gasteiger partial charge in [-0.25, -0.2) is 0 Å². The molecule has 1 aliphatic rings. The van der Waals surface area contributed by atoms with E-state index in [1.807, 2.05) is 36.4 Å². The lowest BCUT2D eigenvalue weighted by Gasteiger charge is -2.46. The Morgan fingerprint density at radius 2 is 1.56 bits per heavy atom. The molecule has 34 heavy (non-hydrogen) atoms. The third kappa shape index (κ3) is 5.34. The maximum Gasteiger partial charge on any atom is 0.261 e. The van der Waals surface area contributed by atoms with Crippen molar-refractivity contribution in [3.63, 3.8) is 0 Å². The number of aliphatic hydroxyl groups is 2. The van der Waals surface area contributed by atoms with Crippen LogP contribution >= 0.6 is 0 Å². The molecule has 1 saturated heterocycles. The van der Waals surface area contributed by atoms with E-state index >= 15 is 0 Å². The Morgan fingerprint density at radius 3 is 2.00 bits per heavy atom. The number of ether oxygens (including phenoxy) is 1. The molecular weight excluding hydrogens is 446 g/mol. The monoisotopic (exact) mass is 483 g/mol. The molecule has 0 radical (unpaired) electrons. The van der Waals surface area contributed by atoms with E-state index in [0.29, 0.717) is 6.42 Å². The molecule has 3 N–H and O–H groups in total. The Labute approximate surface area is 203 Å². The molecule has 3 rings (SSSR count). The van der Waals surface area contributed by atoms with Crippen molar-refractivity contribution in [2.24, 2.45) is 0 Å². The minimum Gasteiger partial charge on any atom is -0.405 e. The molecule has 2 aromatic rings. The smallest absolute Gasteiger partial charge is 0.261 e. The minimum absolute atomic E-state index is 0.103. The van der Waals surface area contributed by atoms with E-state index in [9.17, 15) is 15.0 Å². The fourth-order valence-corrected chi connectivity index (χ4v) is 9.50. The van der Waals surface area contributed by atoms with Crippen LogP contribution in [-0.4, -0.2) is 61.5 Å². The topological polar surface area (TPSA) is 88.0 Å². The normalized spacial score (nSPS) is 25.5. The van der Waals surface area contributed by atoms with Gasteiger partial charge >= 0.3 is 0 Å². The highest BCUT2D eigenvalue weighted by atomic mass is 28.4. The summed E-state index contributed by atoms with van der Waals surface area (Å²) in [6, 6.07) is 19.7. The third-order valence-electron chi connectivity index (χ3n) is 6.50. The number of hydrogen-bond donors (Lipinski definition) is 3. The highest BCUT2D eigenvalue weighted by molar-refractivity contribution is 6.99. The SMILES string of the molecule is C=CC[C@H]1O[C@H](CO[Si](c2ccccc2)(c2ccccc2)C(C)(C)C)[C@H](O)[C@H](O)[C@H]1NC(C)=O. The van der Waals surface area contributed by atoms with Crippen LogP contribution in [0.1, 0.15) is 34.1 Å². The summed E-state index contributed by atoms with van der Waals surface area (Å²) in [6.45, 7) is 11.8. The fraction of sp³-hybridized carbons (Fsp3) is 0.444. The van der Waals surface area contributed by atoms with Crippen molar-refractivity contribution in [3.8, 4) is 0 Å². The zero-order valence-electron chi connectivity index (χ0n) is 20.5. The molecule has 7 heteroatoms. The number of hydrogen-bond acceptors (Lipinski definition) is 5. The predicted molar refractivity (Wildman–Crippen MR) is 137 cm³/mol. The average molecular weight is 484 g/mol. The summed E-state index contributed by atoms with van der Waals surface area (Å²) in [5.41, 5.74) is 0. The van der Waals surface area contributed by atoms with E-state index in [1.165, 1.54) is 6.92 Å². The quantitative estimate of drug-likeness (QED) is 0.396. The Balaban J connectivity index is 1.97. The molecule has 1 aliphatic heterocycles. The lowest BCUT2D eigenvalue weighted by atomic mass is 9.91. The summed E-state index contributed by atoms with van der Waals surface area (Å²) in [5, 5.41) is 26.5. The van der Waals surface area contributed by atoms with E-state index in [0.717, 1.165) is 10.4 Å². The summed E-state index contributed by atoms with van der Waals surface area (Å²) in [5.74, 6) is -0.295. The summed E-state index contributed by atoms with van der Waals surface area (Å²) in [4.78, 5) is 11.7. The van der Waals surface area contributed by atoms with Gasteiger partial charge in [-0.15, -0.1) is 6.58 Å². The zero-order valence-corrected chi connectivity index (χ0v) is 21.5. The summed E-state index contributed by atoms with van der Waals surface area (Å²) in [7, 11) is -2.83. The van der Waals surface area contributed by atoms with Crippen molar-refractivity contribution in [1.29, 1.82) is 0 Å². The van der Waals surface area contributed by atoms with E-state index in [2.05, 4.69) is 56.9 Å². The molecule has 184 valence electrons. The van der Waals surface area contributed by atoms with E-state index in [1.54, 1.807) is 6.08 Å². The second kappa shape index (κ2) is 11.0. The van der Waals surface area contributed by atoms with Gasteiger partial charge in [0.25, 0.3) is 8.32 Å². The van der Waals surface area contributed by atoms with Crippen molar-refractivity contribution in [2.75, 3.05) is 6.61 Å². The number of nitrogens with one attached hydrogen (secondary N) is 1. The van der Waals surface area contributed by atoms with Crippen LogP contribution in [0.15, 0.2) is 73.3 Å². The van der Waals surface area contributed by atoms with Crippen molar-refractivity contribution in [1.82, 2.24) is 5.32 Å². The highest BCUT2D eigenvalue weighted by Crippen LogP contribution is 2.37. The molecule has 0 unspecified atom stereocenters. The van der Waals surface area contributed by atoms with E-state index < -0.39 is 38.8 Å². The van der Waals surface area contributed by atoms with Gasteiger partial charge in [0, 0.05) is 6.92 Å². The second-order valence-corrected chi connectivity index (χ2v) is 14.2. The first kappa shape index (κ1) is 26.3. The Kier molecular flexibility index (Phi) is 8.49. The summed E-state index contributed by atoms with van der Waals surface area (Å²) >= 11 is 0. The minimum atomic E-state index is -2.83. The molecule has 5 atom stereocenters. The molecule has 0 aromatic heterocycles. The predicted octanol–water partition coefficient (Wildman–Crippen LogP) is 2.13. The molecule has 0 aliphatic carbocycles. The molecular formula is C27H37NO5Si. The first-order chi connectivity index (χ1) is 16.1. The van der Waals surface area contributed by atoms with Crippen LogP contribution in [0.4, 0.5) is 0 Å². The Morgan fingerprint density at radius 1 is 1.03 bits per heavy atom. The molecule has 1 amide bonds. The lowest BCUT2D eigenvalue weighted by molar-refractivity contribution is -0.192. The lowest BCUT2D eigenvalue weighted by Crippen LogP contribution is -2.69. The van der Waals surface area contributed by atoms with Crippen LogP contribution in [0.25, 0.3) is 0 Å². The van der Waals surface area contributed by atoms with Gasteiger partial charge in [-0.2, -0.15) is 0 Å². The second-order valence-electron chi connectivity index (χ2n) is 9.92. The van der Waals surface area contributed by atoms with Gasteiger partial charge in [0.05, 0.1) is 18.8 Å². The van der Waals surface area contributed by atoms with Crippen molar-refractivity contribution in [3.05, 3.63) is 73.3 Å². The molecule has 2 aromatic carbocycles. The van der Waals surface area contributed by atoms with Crippen molar-refractivity contribution >= 4 is 24.6 Å². The van der Waals surface area contributed by atoms with Gasteiger partial charge < -0.3 is 24.7 Å². The van der Waals surface area contributed by atoms with Crippen LogP contribution in [-0.2, 0) is 14.0 Å². The zero-order chi connectivity index (χ0) is 24.9.